The summed E-state index contributed by atoms with van der Waals surface area (Å²) in [6, 6.07) is 21.8. The molecule has 1 aliphatic heterocycles. The molecule has 262 valence electrons. The summed E-state index contributed by atoms with van der Waals surface area (Å²) in [6.45, 7) is 11.3. The van der Waals surface area contributed by atoms with Crippen LogP contribution in [0.2, 0.25) is 0 Å². The average Bonchev–Trinajstić information content (AvgIpc) is 3.52. The average molecular weight is 694 g/mol. The molecule has 2 aliphatic rings. The summed E-state index contributed by atoms with van der Waals surface area (Å²) in [5.74, 6) is -0.765. The number of benzene rings is 3. The predicted molar refractivity (Wildman–Crippen MR) is 182 cm³/mol. The molecule has 0 radical (unpaired) electrons. The Labute approximate surface area is 287 Å². The molecular formula is C37H44NO10P. The molecule has 6 atom stereocenters. The van der Waals surface area contributed by atoms with Crippen LogP contribution in [0.1, 0.15) is 64.2 Å². The molecule has 1 N–H and O–H groups in total. The quantitative estimate of drug-likeness (QED) is 0.127. The minimum absolute atomic E-state index is 0.0873. The molecule has 49 heavy (non-hydrogen) atoms. The molecular weight excluding hydrogens is 649 g/mol. The maximum atomic E-state index is 13.8. The highest BCUT2D eigenvalue weighted by atomic mass is 31.2. The molecule has 0 aromatic heterocycles. The normalized spacial score (nSPS) is 21.9. The van der Waals surface area contributed by atoms with Gasteiger partial charge in [-0.1, -0.05) is 60.7 Å². The molecule has 1 amide bonds. The van der Waals surface area contributed by atoms with E-state index in [-0.39, 0.29) is 24.9 Å². The minimum Gasteiger partial charge on any atom is -0.462 e. The smallest absolute Gasteiger partial charge is 0.407 e. The third-order valence-electron chi connectivity index (χ3n) is 8.49. The highest BCUT2D eigenvalue weighted by Crippen LogP contribution is 2.49. The maximum absolute atomic E-state index is 13.8. The van der Waals surface area contributed by atoms with E-state index in [0.29, 0.717) is 0 Å². The monoisotopic (exact) mass is 693 g/mol. The minimum atomic E-state index is -3.85. The van der Waals surface area contributed by atoms with Crippen molar-refractivity contribution in [2.24, 2.45) is 5.41 Å². The van der Waals surface area contributed by atoms with Gasteiger partial charge in [0.1, 0.15) is 37.3 Å². The van der Waals surface area contributed by atoms with Gasteiger partial charge in [-0.2, -0.15) is 0 Å². The van der Waals surface area contributed by atoms with E-state index in [1.54, 1.807) is 52.0 Å². The first kappa shape index (κ1) is 36.1. The molecule has 11 nitrogen and oxygen atoms in total. The van der Waals surface area contributed by atoms with Crippen LogP contribution in [0.25, 0.3) is 11.1 Å². The van der Waals surface area contributed by atoms with Crippen LogP contribution in [-0.2, 0) is 44.2 Å². The zero-order chi connectivity index (χ0) is 35.5. The van der Waals surface area contributed by atoms with E-state index >= 15 is 0 Å². The number of esters is 2. The van der Waals surface area contributed by atoms with Crippen molar-refractivity contribution >= 4 is 25.6 Å². The fourth-order valence-electron chi connectivity index (χ4n) is 6.15. The Kier molecular flexibility index (Phi) is 10.9. The first-order valence-corrected chi connectivity index (χ1v) is 18.3. The van der Waals surface area contributed by atoms with Gasteiger partial charge in [0.15, 0.2) is 0 Å². The fraction of sp³-hybridized carbons (Fsp3) is 0.432. The molecule has 1 aliphatic carbocycles. The number of hydrogen-bond donors (Lipinski definition) is 1. The van der Waals surface area contributed by atoms with Gasteiger partial charge < -0.3 is 28.8 Å². The van der Waals surface area contributed by atoms with Gasteiger partial charge in [0.05, 0.1) is 17.6 Å². The highest BCUT2D eigenvalue weighted by molar-refractivity contribution is 7.53. The Morgan fingerprint density at radius 3 is 2.08 bits per heavy atom. The number of fused-ring (bicyclic) bond motifs is 3. The van der Waals surface area contributed by atoms with Gasteiger partial charge in [-0.3, -0.25) is 14.1 Å². The van der Waals surface area contributed by atoms with Gasteiger partial charge >= 0.3 is 25.6 Å². The summed E-state index contributed by atoms with van der Waals surface area (Å²) in [7, 11) is -3.85. The summed E-state index contributed by atoms with van der Waals surface area (Å²) in [6.07, 6.45) is -3.77. The second-order valence-corrected chi connectivity index (χ2v) is 15.5. The number of hydrogen-bond acceptors (Lipinski definition) is 10. The summed E-state index contributed by atoms with van der Waals surface area (Å²) < 4.78 is 48.3. The molecule has 1 fully saturated rings. The standard InChI is InChI=1S/C37H44NO10P/c1-22(32-29-14-10-8-12-27(29)28-13-9-11-15-30(28)32)46-36(41)38-33-23(2)45-31(21-44-35(40)37(4,5)6)34(33)48-49(7,42)47-26-18-16-25(17-19-26)20-43-24(3)39/h8-19,22-23,31-34H,20-21H2,1-7H3,(H,38,41)/t22?,23-,31+,33?,34?,49?/m0/s1. The second-order valence-electron chi connectivity index (χ2n) is 13.5. The van der Waals surface area contributed by atoms with Crippen molar-refractivity contribution in [1.82, 2.24) is 5.32 Å². The fourth-order valence-corrected chi connectivity index (χ4v) is 7.41. The number of nitrogens with one attached hydrogen (secondary N) is 1. The molecule has 0 saturated carbocycles. The molecule has 1 heterocycles. The largest absolute Gasteiger partial charge is 0.462 e. The number of alkyl carbamates (subject to hydrolysis) is 1. The Balaban J connectivity index is 1.31. The van der Waals surface area contributed by atoms with Gasteiger partial charge in [-0.25, -0.2) is 9.36 Å². The van der Waals surface area contributed by atoms with E-state index in [9.17, 15) is 18.9 Å². The van der Waals surface area contributed by atoms with Crippen LogP contribution >= 0.6 is 7.60 Å². The zero-order valence-corrected chi connectivity index (χ0v) is 29.7. The molecule has 4 unspecified atom stereocenters. The maximum Gasteiger partial charge on any atom is 0.407 e. The Hall–Kier alpha value is -4.18. The lowest BCUT2D eigenvalue weighted by atomic mass is 9.92. The van der Waals surface area contributed by atoms with Gasteiger partial charge in [-0.05, 0) is 74.6 Å². The van der Waals surface area contributed by atoms with Gasteiger partial charge in [0, 0.05) is 19.5 Å². The topological polar surface area (TPSA) is 136 Å². The molecule has 0 spiro atoms. The van der Waals surface area contributed by atoms with E-state index in [1.807, 2.05) is 43.3 Å². The number of carbonyl (C=O) groups excluding carboxylic acids is 3. The van der Waals surface area contributed by atoms with Crippen LogP contribution in [0, 0.1) is 5.41 Å². The summed E-state index contributed by atoms with van der Waals surface area (Å²) in [4.78, 5) is 37.3. The van der Waals surface area contributed by atoms with Crippen LogP contribution in [-0.4, -0.2) is 61.8 Å². The first-order valence-electron chi connectivity index (χ1n) is 16.3. The van der Waals surface area contributed by atoms with Crippen LogP contribution in [0.15, 0.2) is 72.8 Å². The van der Waals surface area contributed by atoms with Crippen molar-refractivity contribution in [3.05, 3.63) is 89.5 Å². The van der Waals surface area contributed by atoms with Crippen molar-refractivity contribution < 1.29 is 46.9 Å². The van der Waals surface area contributed by atoms with E-state index in [2.05, 4.69) is 17.4 Å². The van der Waals surface area contributed by atoms with Crippen molar-refractivity contribution in [3.8, 4) is 16.9 Å². The number of carbonyl (C=O) groups is 3. The Bertz CT molecular complexity index is 1670. The third kappa shape index (κ3) is 8.71. The molecule has 0 bridgehead atoms. The molecule has 12 heteroatoms. The Morgan fingerprint density at radius 2 is 1.51 bits per heavy atom. The van der Waals surface area contributed by atoms with E-state index in [1.165, 1.54) is 13.6 Å². The molecule has 1 saturated heterocycles. The van der Waals surface area contributed by atoms with E-state index < -0.39 is 61.5 Å². The highest BCUT2D eigenvalue weighted by Gasteiger charge is 2.48. The Morgan fingerprint density at radius 1 is 0.918 bits per heavy atom. The van der Waals surface area contributed by atoms with Crippen molar-refractivity contribution in [3.63, 3.8) is 0 Å². The molecule has 3 aromatic rings. The lowest BCUT2D eigenvalue weighted by molar-refractivity contribution is -0.158. The SMILES string of the molecule is CC(=O)OCc1ccc(OP(C)(=O)OC2C(NC(=O)OC(C)C3c4ccccc4-c4ccccc43)[C@H](C)O[C@@H]2COC(=O)C(C)(C)C)cc1. The predicted octanol–water partition coefficient (Wildman–Crippen LogP) is 7.01. The van der Waals surface area contributed by atoms with E-state index in [4.69, 9.17) is 28.0 Å². The zero-order valence-electron chi connectivity index (χ0n) is 28.8. The van der Waals surface area contributed by atoms with Crippen LogP contribution < -0.4 is 9.84 Å². The number of ether oxygens (including phenoxy) is 4. The summed E-state index contributed by atoms with van der Waals surface area (Å²) in [5.41, 5.74) is 4.32. The van der Waals surface area contributed by atoms with Gasteiger partial charge in [-0.15, -0.1) is 0 Å². The summed E-state index contributed by atoms with van der Waals surface area (Å²) >= 11 is 0. The second kappa shape index (κ2) is 14.7. The van der Waals surface area contributed by atoms with Crippen LogP contribution in [0.5, 0.6) is 5.75 Å². The van der Waals surface area contributed by atoms with Crippen LogP contribution in [0.4, 0.5) is 4.79 Å². The lowest BCUT2D eigenvalue weighted by Gasteiger charge is -2.29. The van der Waals surface area contributed by atoms with Gasteiger partial charge in [0.25, 0.3) is 0 Å². The van der Waals surface area contributed by atoms with E-state index in [0.717, 1.165) is 27.8 Å². The number of rotatable bonds is 11. The van der Waals surface area contributed by atoms with Crippen molar-refractivity contribution in [1.29, 1.82) is 0 Å². The van der Waals surface area contributed by atoms with Crippen molar-refractivity contribution in [2.75, 3.05) is 13.3 Å². The van der Waals surface area contributed by atoms with Crippen molar-refractivity contribution in [2.45, 2.75) is 84.5 Å². The molecule has 5 rings (SSSR count). The first-order chi connectivity index (χ1) is 23.1. The third-order valence-corrected chi connectivity index (χ3v) is 9.65. The number of amides is 1. The molecule has 3 aromatic carbocycles. The summed E-state index contributed by atoms with van der Waals surface area (Å²) in [5, 5.41) is 2.88. The van der Waals surface area contributed by atoms with Gasteiger partial charge in [0.2, 0.25) is 0 Å². The lowest BCUT2D eigenvalue weighted by Crippen LogP contribution is -2.49. The van der Waals surface area contributed by atoms with Crippen LogP contribution in [0.3, 0.4) is 0 Å².